The van der Waals surface area contributed by atoms with Gasteiger partial charge in [-0.2, -0.15) is 0 Å². The van der Waals surface area contributed by atoms with Crippen LogP contribution in [0.25, 0.3) is 0 Å². The second-order valence-electron chi connectivity index (χ2n) is 7.14. The Morgan fingerprint density at radius 2 is 2.15 bits per heavy atom. The van der Waals surface area contributed by atoms with Gasteiger partial charge in [0.25, 0.3) is 0 Å². The molecule has 0 radical (unpaired) electrons. The molecule has 3 atom stereocenters. The first-order chi connectivity index (χ1) is 9.26. The fourth-order valence-electron chi connectivity index (χ4n) is 4.95. The summed E-state index contributed by atoms with van der Waals surface area (Å²) in [6, 6.07) is -0.0986. The van der Waals surface area contributed by atoms with Crippen LogP contribution in [0, 0.1) is 16.7 Å². The molecular formula is C15H23NO3S. The summed E-state index contributed by atoms with van der Waals surface area (Å²) in [6.07, 6.45) is 5.36. The molecule has 2 bridgehead atoms. The predicted molar refractivity (Wildman–Crippen MR) is 77.4 cm³/mol. The molecule has 3 rings (SSSR count). The van der Waals surface area contributed by atoms with Crippen molar-refractivity contribution in [1.82, 2.24) is 4.31 Å². The first-order valence-electron chi connectivity index (χ1n) is 7.42. The van der Waals surface area contributed by atoms with Gasteiger partial charge in [0, 0.05) is 11.8 Å². The van der Waals surface area contributed by atoms with Gasteiger partial charge in [-0.25, -0.2) is 12.7 Å². The lowest BCUT2D eigenvalue weighted by atomic mass is 9.69. The number of hydrogen-bond acceptors (Lipinski definition) is 3. The predicted octanol–water partition coefficient (Wildman–Crippen LogP) is 2.32. The van der Waals surface area contributed by atoms with Gasteiger partial charge in [0.05, 0.1) is 11.8 Å². The van der Waals surface area contributed by atoms with Crippen molar-refractivity contribution in [3.63, 3.8) is 0 Å². The number of nitrogens with zero attached hydrogens (tertiary/aromatic N) is 1. The Morgan fingerprint density at radius 3 is 2.75 bits per heavy atom. The molecule has 3 fully saturated rings. The molecule has 5 heteroatoms. The van der Waals surface area contributed by atoms with Crippen LogP contribution in [0.3, 0.4) is 0 Å². The van der Waals surface area contributed by atoms with Gasteiger partial charge < -0.3 is 0 Å². The van der Waals surface area contributed by atoms with E-state index in [9.17, 15) is 13.2 Å². The number of carbonyl (C=O) groups excluding carboxylic acids is 1. The van der Waals surface area contributed by atoms with E-state index in [0.717, 1.165) is 19.3 Å². The Labute approximate surface area is 121 Å². The van der Waals surface area contributed by atoms with Crippen molar-refractivity contribution in [3.05, 3.63) is 12.7 Å². The highest BCUT2D eigenvalue weighted by Crippen LogP contribution is 2.69. The standard InChI is InChI=1S/C15H23NO3S/c1-4-5-6-13(17)16-12-9-11-7-8-15(12,14(11,2)3)10-20(16,18)19/h4,11-12H,1,5-10H2,2-3H3/t11-,12-,15+/m1/s1. The Kier molecular flexibility index (Phi) is 2.89. The zero-order valence-electron chi connectivity index (χ0n) is 12.3. The first-order valence-corrected chi connectivity index (χ1v) is 9.03. The van der Waals surface area contributed by atoms with Crippen LogP contribution in [0.15, 0.2) is 12.7 Å². The Balaban J connectivity index is 1.98. The second-order valence-corrected chi connectivity index (χ2v) is 8.98. The third kappa shape index (κ3) is 1.53. The molecule has 3 aliphatic rings. The molecule has 4 nitrogen and oxygen atoms in total. The molecule has 0 aromatic carbocycles. The average molecular weight is 297 g/mol. The number of sulfonamides is 1. The van der Waals surface area contributed by atoms with Crippen LogP contribution < -0.4 is 0 Å². The summed E-state index contributed by atoms with van der Waals surface area (Å²) >= 11 is 0. The first kappa shape index (κ1) is 14.1. The Morgan fingerprint density at radius 1 is 1.45 bits per heavy atom. The molecule has 0 aromatic heterocycles. The van der Waals surface area contributed by atoms with Crippen molar-refractivity contribution < 1.29 is 13.2 Å². The van der Waals surface area contributed by atoms with Crippen molar-refractivity contribution in [2.75, 3.05) is 5.75 Å². The maximum absolute atomic E-state index is 12.5. The molecule has 1 amide bonds. The van der Waals surface area contributed by atoms with E-state index in [1.54, 1.807) is 6.08 Å². The van der Waals surface area contributed by atoms with Crippen LogP contribution in [0.4, 0.5) is 0 Å². The van der Waals surface area contributed by atoms with Gasteiger partial charge in [0.2, 0.25) is 15.9 Å². The highest BCUT2D eigenvalue weighted by atomic mass is 32.2. The van der Waals surface area contributed by atoms with Gasteiger partial charge in [-0.1, -0.05) is 19.9 Å². The molecule has 1 aliphatic heterocycles. The molecule has 1 saturated heterocycles. The third-order valence-corrected chi connectivity index (χ3v) is 8.16. The largest absolute Gasteiger partial charge is 0.274 e. The average Bonchev–Trinajstić information content (AvgIpc) is 2.82. The minimum Gasteiger partial charge on any atom is -0.274 e. The molecule has 0 aromatic rings. The van der Waals surface area contributed by atoms with Crippen molar-refractivity contribution in [2.24, 2.45) is 16.7 Å². The number of amides is 1. The molecule has 1 heterocycles. The lowest BCUT2D eigenvalue weighted by Crippen LogP contribution is -2.44. The van der Waals surface area contributed by atoms with Crippen molar-refractivity contribution in [2.45, 2.75) is 52.0 Å². The number of carbonyl (C=O) groups is 1. The molecular weight excluding hydrogens is 274 g/mol. The van der Waals surface area contributed by atoms with Crippen molar-refractivity contribution in [3.8, 4) is 0 Å². The maximum Gasteiger partial charge on any atom is 0.238 e. The summed E-state index contributed by atoms with van der Waals surface area (Å²) in [6.45, 7) is 7.99. The van der Waals surface area contributed by atoms with Crippen LogP contribution in [-0.4, -0.2) is 30.4 Å². The number of allylic oxidation sites excluding steroid dienone is 1. The van der Waals surface area contributed by atoms with Crippen LogP contribution in [0.5, 0.6) is 0 Å². The van der Waals surface area contributed by atoms with E-state index in [1.807, 2.05) is 0 Å². The zero-order valence-corrected chi connectivity index (χ0v) is 13.1. The summed E-state index contributed by atoms with van der Waals surface area (Å²) in [5, 5.41) is 0. The summed E-state index contributed by atoms with van der Waals surface area (Å²) in [5.74, 6) is 0.474. The minimum absolute atomic E-state index is 0.0260. The molecule has 20 heavy (non-hydrogen) atoms. The molecule has 0 N–H and O–H groups in total. The summed E-state index contributed by atoms with van der Waals surface area (Å²) in [7, 11) is -3.44. The number of rotatable bonds is 3. The SMILES string of the molecule is C=CCCC(=O)N1[C@@H]2C[C@H]3CC[C@@]2(CS1(=O)=O)C3(C)C. The fraction of sp³-hybridized carbons (Fsp3) is 0.800. The molecule has 2 saturated carbocycles. The number of hydrogen-bond donors (Lipinski definition) is 0. The van der Waals surface area contributed by atoms with Crippen LogP contribution >= 0.6 is 0 Å². The highest BCUT2D eigenvalue weighted by molar-refractivity contribution is 7.90. The smallest absolute Gasteiger partial charge is 0.238 e. The van der Waals surface area contributed by atoms with E-state index in [-0.39, 0.29) is 35.0 Å². The Hall–Kier alpha value is -0.840. The lowest BCUT2D eigenvalue weighted by Gasteiger charge is -2.37. The van der Waals surface area contributed by atoms with Crippen LogP contribution in [0.2, 0.25) is 0 Å². The van der Waals surface area contributed by atoms with E-state index in [1.165, 1.54) is 4.31 Å². The van der Waals surface area contributed by atoms with E-state index in [2.05, 4.69) is 20.4 Å². The van der Waals surface area contributed by atoms with E-state index >= 15 is 0 Å². The monoisotopic (exact) mass is 297 g/mol. The fourth-order valence-corrected chi connectivity index (χ4v) is 7.53. The van der Waals surface area contributed by atoms with Crippen molar-refractivity contribution >= 4 is 15.9 Å². The second kappa shape index (κ2) is 4.09. The van der Waals surface area contributed by atoms with E-state index in [4.69, 9.17) is 0 Å². The topological polar surface area (TPSA) is 54.5 Å². The van der Waals surface area contributed by atoms with Gasteiger partial charge in [0.15, 0.2) is 0 Å². The minimum atomic E-state index is -3.44. The molecule has 112 valence electrons. The normalized spacial score (nSPS) is 39.8. The van der Waals surface area contributed by atoms with Crippen LogP contribution in [-0.2, 0) is 14.8 Å². The highest BCUT2D eigenvalue weighted by Gasteiger charge is 2.72. The molecule has 2 aliphatic carbocycles. The maximum atomic E-state index is 12.5. The van der Waals surface area contributed by atoms with Gasteiger partial charge in [-0.3, -0.25) is 4.79 Å². The zero-order chi connectivity index (χ0) is 14.8. The van der Waals surface area contributed by atoms with Gasteiger partial charge in [0.1, 0.15) is 0 Å². The van der Waals surface area contributed by atoms with Crippen molar-refractivity contribution in [1.29, 1.82) is 0 Å². The third-order valence-electron chi connectivity index (χ3n) is 6.22. The van der Waals surface area contributed by atoms with Gasteiger partial charge in [-0.15, -0.1) is 6.58 Å². The van der Waals surface area contributed by atoms with Gasteiger partial charge >= 0.3 is 0 Å². The van der Waals surface area contributed by atoms with E-state index < -0.39 is 10.0 Å². The van der Waals surface area contributed by atoms with Gasteiger partial charge in [-0.05, 0) is 37.0 Å². The lowest BCUT2D eigenvalue weighted by molar-refractivity contribution is -0.128. The number of fused-ring (bicyclic) bond motifs is 1. The summed E-state index contributed by atoms with van der Waals surface area (Å²) < 4.78 is 26.3. The molecule has 0 unspecified atom stereocenters. The summed E-state index contributed by atoms with van der Waals surface area (Å²) in [5.41, 5.74) is -0.182. The molecule has 1 spiro atoms. The van der Waals surface area contributed by atoms with E-state index in [0.29, 0.717) is 12.3 Å². The Bertz CT molecular complexity index is 566. The summed E-state index contributed by atoms with van der Waals surface area (Å²) in [4.78, 5) is 12.3. The van der Waals surface area contributed by atoms with Crippen LogP contribution in [0.1, 0.15) is 46.0 Å². The quantitative estimate of drug-likeness (QED) is 0.751.